The maximum absolute atomic E-state index is 8.32. The minimum atomic E-state index is 0.0675. The highest BCUT2D eigenvalue weighted by Gasteiger charge is 1.93. The average Bonchev–Trinajstić information content (AvgIpc) is 3.16. The van der Waals surface area contributed by atoms with E-state index in [0.29, 0.717) is 33.0 Å². The molecule has 5 nitrogen and oxygen atoms in total. The van der Waals surface area contributed by atoms with Crippen LogP contribution in [0.5, 0.6) is 0 Å². The molecule has 6 heteroatoms. The first-order chi connectivity index (χ1) is 10.9. The number of aliphatic hydroxyl groups excluding tert-OH is 1. The van der Waals surface area contributed by atoms with Gasteiger partial charge < -0.3 is 24.6 Å². The summed E-state index contributed by atoms with van der Waals surface area (Å²) in [6.45, 7) is 5.25. The normalized spacial score (nSPS) is 13.5. The Kier molecular flexibility index (Phi) is 20.0. The zero-order valence-electron chi connectivity index (χ0n) is 13.7. The molecule has 1 aromatic heterocycles. The first-order valence-corrected chi connectivity index (χ1v) is 8.79. The van der Waals surface area contributed by atoms with E-state index in [1.807, 2.05) is 22.9 Å². The van der Waals surface area contributed by atoms with Crippen molar-refractivity contribution in [3.63, 3.8) is 0 Å². The maximum atomic E-state index is 8.32. The highest BCUT2D eigenvalue weighted by molar-refractivity contribution is 7.07. The topological polar surface area (TPSA) is 60.0 Å². The summed E-state index contributed by atoms with van der Waals surface area (Å²) < 4.78 is 14.8. The Bertz CT molecular complexity index is 232. The smallest absolute Gasteiger partial charge is 0.0701 e. The van der Waals surface area contributed by atoms with Crippen LogP contribution in [-0.2, 0) is 14.2 Å². The van der Waals surface area contributed by atoms with Crippen LogP contribution in [0.2, 0.25) is 0 Å². The van der Waals surface area contributed by atoms with Crippen molar-refractivity contribution in [1.29, 1.82) is 0 Å². The van der Waals surface area contributed by atoms with E-state index in [0.717, 1.165) is 0 Å². The van der Waals surface area contributed by atoms with Crippen LogP contribution >= 0.6 is 11.3 Å². The van der Waals surface area contributed by atoms with Crippen LogP contribution in [0.1, 0.15) is 19.3 Å². The van der Waals surface area contributed by atoms with Gasteiger partial charge in [-0.15, -0.1) is 0 Å². The van der Waals surface area contributed by atoms with Gasteiger partial charge in [-0.3, -0.25) is 0 Å². The van der Waals surface area contributed by atoms with Crippen LogP contribution in [0.3, 0.4) is 0 Å². The van der Waals surface area contributed by atoms with Crippen molar-refractivity contribution in [3.8, 4) is 0 Å². The largest absolute Gasteiger partial charge is 0.394 e. The molecule has 0 bridgehead atoms. The summed E-state index contributed by atoms with van der Waals surface area (Å²) >= 11 is 1.71. The van der Waals surface area contributed by atoms with Crippen LogP contribution in [-0.4, -0.2) is 64.9 Å². The van der Waals surface area contributed by atoms with Crippen molar-refractivity contribution in [2.45, 2.75) is 19.3 Å². The van der Waals surface area contributed by atoms with Crippen LogP contribution in [0.25, 0.3) is 0 Å². The monoisotopic (exact) mass is 333 g/mol. The third-order valence-electron chi connectivity index (χ3n) is 2.67. The Hall–Kier alpha value is -0.500. The van der Waals surface area contributed by atoms with Crippen molar-refractivity contribution < 1.29 is 19.3 Å². The SMILES string of the molecule is C1CCNCC1.COCCOCCOCCO.c1ccsc1. The van der Waals surface area contributed by atoms with E-state index in [1.165, 1.54) is 32.4 Å². The Morgan fingerprint density at radius 1 is 0.909 bits per heavy atom. The molecule has 2 heterocycles. The van der Waals surface area contributed by atoms with E-state index in [-0.39, 0.29) is 6.61 Å². The zero-order valence-corrected chi connectivity index (χ0v) is 14.5. The van der Waals surface area contributed by atoms with Gasteiger partial charge in [0, 0.05) is 7.11 Å². The second-order valence-electron chi connectivity index (χ2n) is 4.54. The molecule has 1 aliphatic heterocycles. The van der Waals surface area contributed by atoms with Crippen LogP contribution < -0.4 is 5.32 Å². The Morgan fingerprint density at radius 2 is 1.50 bits per heavy atom. The van der Waals surface area contributed by atoms with Gasteiger partial charge in [-0.05, 0) is 36.7 Å². The molecule has 1 saturated heterocycles. The van der Waals surface area contributed by atoms with Crippen LogP contribution in [0.4, 0.5) is 0 Å². The van der Waals surface area contributed by atoms with E-state index in [1.54, 1.807) is 18.4 Å². The number of aliphatic hydroxyl groups is 1. The van der Waals surface area contributed by atoms with E-state index in [2.05, 4.69) is 5.32 Å². The van der Waals surface area contributed by atoms with Crippen molar-refractivity contribution in [3.05, 3.63) is 22.9 Å². The van der Waals surface area contributed by atoms with E-state index in [9.17, 15) is 0 Å². The molecule has 0 aliphatic carbocycles. The third-order valence-corrected chi connectivity index (χ3v) is 3.30. The number of rotatable bonds is 8. The molecule has 1 fully saturated rings. The summed E-state index contributed by atoms with van der Waals surface area (Å²) in [4.78, 5) is 0. The lowest BCUT2D eigenvalue weighted by Gasteiger charge is -2.08. The second-order valence-corrected chi connectivity index (χ2v) is 5.36. The summed E-state index contributed by atoms with van der Waals surface area (Å²) in [5.41, 5.74) is 0. The third kappa shape index (κ3) is 19.5. The molecule has 0 aromatic carbocycles. The molecule has 0 saturated carbocycles. The number of piperidine rings is 1. The summed E-state index contributed by atoms with van der Waals surface area (Å²) in [6.07, 6.45) is 4.22. The van der Waals surface area contributed by atoms with E-state index < -0.39 is 0 Å². The Balaban J connectivity index is 0.000000331. The van der Waals surface area contributed by atoms with Crippen molar-refractivity contribution in [2.24, 2.45) is 0 Å². The molecule has 22 heavy (non-hydrogen) atoms. The molecule has 0 amide bonds. The highest BCUT2D eigenvalue weighted by atomic mass is 32.1. The molecule has 1 aromatic rings. The quantitative estimate of drug-likeness (QED) is 0.714. The molecule has 2 N–H and O–H groups in total. The van der Waals surface area contributed by atoms with Gasteiger partial charge in [0.25, 0.3) is 0 Å². The van der Waals surface area contributed by atoms with E-state index in [4.69, 9.17) is 19.3 Å². The van der Waals surface area contributed by atoms with Gasteiger partial charge in [0.1, 0.15) is 0 Å². The Labute approximate surface area is 138 Å². The van der Waals surface area contributed by atoms with Gasteiger partial charge in [-0.2, -0.15) is 11.3 Å². The summed E-state index contributed by atoms with van der Waals surface area (Å²) in [5, 5.41) is 15.7. The van der Waals surface area contributed by atoms with Crippen LogP contribution in [0, 0.1) is 0 Å². The molecule has 1 aliphatic rings. The van der Waals surface area contributed by atoms with Gasteiger partial charge in [0.15, 0.2) is 0 Å². The predicted molar refractivity (Wildman–Crippen MR) is 91.6 cm³/mol. The minimum absolute atomic E-state index is 0.0675. The van der Waals surface area contributed by atoms with Gasteiger partial charge in [-0.25, -0.2) is 0 Å². The van der Waals surface area contributed by atoms with Gasteiger partial charge in [-0.1, -0.05) is 18.6 Å². The molecule has 0 spiro atoms. The lowest BCUT2D eigenvalue weighted by Crippen LogP contribution is -2.21. The summed E-state index contributed by atoms with van der Waals surface area (Å²) in [7, 11) is 1.63. The number of methoxy groups -OCH3 is 1. The molecule has 0 unspecified atom stereocenters. The Morgan fingerprint density at radius 3 is 1.86 bits per heavy atom. The zero-order chi connectivity index (χ0) is 16.1. The number of thiophene rings is 1. The minimum Gasteiger partial charge on any atom is -0.394 e. The first kappa shape index (κ1) is 21.5. The maximum Gasteiger partial charge on any atom is 0.0701 e. The lowest BCUT2D eigenvalue weighted by molar-refractivity contribution is 0.0159. The lowest BCUT2D eigenvalue weighted by atomic mass is 10.2. The first-order valence-electron chi connectivity index (χ1n) is 7.85. The number of hydrogen-bond donors (Lipinski definition) is 2. The van der Waals surface area contributed by atoms with Crippen molar-refractivity contribution >= 4 is 11.3 Å². The van der Waals surface area contributed by atoms with Gasteiger partial charge >= 0.3 is 0 Å². The second kappa shape index (κ2) is 20.5. The standard InChI is InChI=1S/C7H16O4.C5H11N.C4H4S/c1-9-4-5-11-7-6-10-3-2-8;1-2-4-6-5-3-1;1-2-4-5-3-1/h8H,2-7H2,1H3;6H,1-5H2;1-4H. The number of ether oxygens (including phenoxy) is 3. The molecule has 2 rings (SSSR count). The fraction of sp³-hybridized carbons (Fsp3) is 0.750. The number of nitrogens with one attached hydrogen (secondary N) is 1. The summed E-state index contributed by atoms with van der Waals surface area (Å²) in [5.74, 6) is 0. The molecule has 130 valence electrons. The van der Waals surface area contributed by atoms with E-state index >= 15 is 0 Å². The number of hydrogen-bond acceptors (Lipinski definition) is 6. The molecular weight excluding hydrogens is 302 g/mol. The summed E-state index contributed by atoms with van der Waals surface area (Å²) in [6, 6.07) is 4.04. The van der Waals surface area contributed by atoms with Crippen molar-refractivity contribution in [1.82, 2.24) is 5.32 Å². The predicted octanol–water partition coefficient (Wildman–Crippen LogP) is 2.17. The van der Waals surface area contributed by atoms with Gasteiger partial charge in [0.2, 0.25) is 0 Å². The van der Waals surface area contributed by atoms with Gasteiger partial charge in [0.05, 0.1) is 39.6 Å². The van der Waals surface area contributed by atoms with Crippen molar-refractivity contribution in [2.75, 3.05) is 59.8 Å². The average molecular weight is 333 g/mol. The molecule has 0 atom stereocenters. The fourth-order valence-corrected chi connectivity index (χ4v) is 2.01. The molecule has 0 radical (unpaired) electrons. The fourth-order valence-electron chi connectivity index (χ4n) is 1.56. The highest BCUT2D eigenvalue weighted by Crippen LogP contribution is 1.96. The molecular formula is C16H31NO4S. The van der Waals surface area contributed by atoms with Crippen LogP contribution in [0.15, 0.2) is 22.9 Å².